The van der Waals surface area contributed by atoms with Crippen molar-refractivity contribution < 1.29 is 14.1 Å². The Morgan fingerprint density at radius 1 is 1.09 bits per heavy atom. The number of hydrogen-bond donors (Lipinski definition) is 1. The van der Waals surface area contributed by atoms with Gasteiger partial charge in [-0.05, 0) is 79.0 Å². The maximum Gasteiger partial charge on any atom is 0.273 e. The fourth-order valence-corrected chi connectivity index (χ4v) is 6.98. The molecule has 2 aromatic carbocycles. The van der Waals surface area contributed by atoms with Crippen LogP contribution in [0.4, 0.5) is 17.1 Å². The van der Waals surface area contributed by atoms with Crippen LogP contribution in [0.1, 0.15) is 43.8 Å². The first-order valence-corrected chi connectivity index (χ1v) is 15.0. The van der Waals surface area contributed by atoms with Gasteiger partial charge in [0.1, 0.15) is 23.3 Å². The molecule has 4 unspecified atom stereocenters. The lowest BCUT2D eigenvalue weighted by Gasteiger charge is -2.37. The van der Waals surface area contributed by atoms with Crippen molar-refractivity contribution in [3.8, 4) is 17.1 Å². The van der Waals surface area contributed by atoms with Gasteiger partial charge in [0.05, 0.1) is 46.1 Å². The standard InChI is InChI=1S/C32H32ClN5O4S/c1-19-14-20(2)18-36(17-19)26-10-8-21(15-24(26)33)37-31(30(35-32(37)43)25-6-4-5-13-34-25)28-12-11-27(42-28)23-9-7-22(38(39)40)16-29(23)41-3/h4-13,15-16,19-20,30-31H,14,17-18H2,1-3H3,(H,35,43). The molecule has 11 heteroatoms. The number of nitrogens with zero attached hydrogens (tertiary/aromatic N) is 4. The van der Waals surface area contributed by atoms with Gasteiger partial charge in [0.25, 0.3) is 5.69 Å². The summed E-state index contributed by atoms with van der Waals surface area (Å²) >= 11 is 12.8. The summed E-state index contributed by atoms with van der Waals surface area (Å²) in [4.78, 5) is 19.9. The van der Waals surface area contributed by atoms with Gasteiger partial charge in [-0.2, -0.15) is 0 Å². The highest BCUT2D eigenvalue weighted by atomic mass is 35.5. The lowest BCUT2D eigenvalue weighted by molar-refractivity contribution is -0.384. The van der Waals surface area contributed by atoms with E-state index >= 15 is 0 Å². The van der Waals surface area contributed by atoms with Crippen molar-refractivity contribution in [2.45, 2.75) is 32.4 Å². The average Bonchev–Trinajstić information content (AvgIpc) is 3.61. The van der Waals surface area contributed by atoms with Crippen LogP contribution in [0.5, 0.6) is 5.75 Å². The number of benzene rings is 2. The van der Waals surface area contributed by atoms with Gasteiger partial charge in [-0.15, -0.1) is 0 Å². The lowest BCUT2D eigenvalue weighted by atomic mass is 9.91. The Morgan fingerprint density at radius 3 is 2.56 bits per heavy atom. The Morgan fingerprint density at radius 2 is 1.88 bits per heavy atom. The van der Waals surface area contributed by atoms with E-state index in [0.29, 0.717) is 44.8 Å². The third-order valence-corrected chi connectivity index (χ3v) is 8.71. The molecule has 6 rings (SSSR count). The van der Waals surface area contributed by atoms with Crippen molar-refractivity contribution in [2.75, 3.05) is 30.0 Å². The number of halogens is 1. The number of aromatic nitrogens is 1. The number of ether oxygens (including phenoxy) is 1. The molecule has 0 bridgehead atoms. The van der Waals surface area contributed by atoms with Gasteiger partial charge < -0.3 is 24.3 Å². The molecule has 2 saturated heterocycles. The maximum absolute atomic E-state index is 11.3. The third kappa shape index (κ3) is 5.64. The van der Waals surface area contributed by atoms with E-state index in [2.05, 4.69) is 41.2 Å². The van der Waals surface area contributed by atoms with Gasteiger partial charge in [-0.25, -0.2) is 0 Å². The molecule has 222 valence electrons. The van der Waals surface area contributed by atoms with Crippen molar-refractivity contribution in [3.63, 3.8) is 0 Å². The topological polar surface area (TPSA) is 96.9 Å². The summed E-state index contributed by atoms with van der Waals surface area (Å²) in [6, 6.07) is 19.3. The Bertz CT molecular complexity index is 1650. The number of furan rings is 1. The number of nitro benzene ring substituents is 1. The number of thiocarbonyl (C=S) groups is 1. The third-order valence-electron chi connectivity index (χ3n) is 8.10. The average molecular weight is 618 g/mol. The van der Waals surface area contributed by atoms with E-state index in [4.69, 9.17) is 33.0 Å². The molecule has 0 amide bonds. The van der Waals surface area contributed by atoms with Crippen LogP contribution in [0.3, 0.4) is 0 Å². The van der Waals surface area contributed by atoms with Gasteiger partial charge >= 0.3 is 0 Å². The number of methoxy groups -OCH3 is 1. The van der Waals surface area contributed by atoms with Crippen LogP contribution >= 0.6 is 23.8 Å². The molecular weight excluding hydrogens is 586 g/mol. The van der Waals surface area contributed by atoms with Crippen LogP contribution in [0.15, 0.2) is 77.3 Å². The number of hydrogen-bond acceptors (Lipinski definition) is 7. The number of piperidine rings is 1. The lowest BCUT2D eigenvalue weighted by Crippen LogP contribution is -2.38. The minimum Gasteiger partial charge on any atom is -0.496 e. The number of anilines is 2. The molecule has 4 atom stereocenters. The molecule has 2 aliphatic heterocycles. The first kappa shape index (κ1) is 28.9. The number of nitro groups is 1. The zero-order chi connectivity index (χ0) is 30.2. The predicted octanol–water partition coefficient (Wildman–Crippen LogP) is 7.57. The molecule has 2 fully saturated rings. The molecule has 0 aliphatic carbocycles. The highest BCUT2D eigenvalue weighted by molar-refractivity contribution is 7.80. The molecule has 0 spiro atoms. The number of rotatable bonds is 7. The molecular formula is C32H32ClN5O4S. The molecule has 2 aromatic heterocycles. The molecule has 4 heterocycles. The second-order valence-corrected chi connectivity index (χ2v) is 12.1. The number of pyridine rings is 1. The quantitative estimate of drug-likeness (QED) is 0.128. The van der Waals surface area contributed by atoms with Gasteiger partial charge in [0.2, 0.25) is 0 Å². The van der Waals surface area contributed by atoms with Crippen LogP contribution < -0.4 is 19.9 Å². The molecule has 4 aromatic rings. The second kappa shape index (κ2) is 11.9. The Hall–Kier alpha value is -4.15. The van der Waals surface area contributed by atoms with Gasteiger partial charge in [-0.1, -0.05) is 31.5 Å². The first-order chi connectivity index (χ1) is 20.7. The summed E-state index contributed by atoms with van der Waals surface area (Å²) in [6.07, 6.45) is 2.97. The highest BCUT2D eigenvalue weighted by Gasteiger charge is 2.43. The van der Waals surface area contributed by atoms with E-state index in [1.54, 1.807) is 12.3 Å². The molecule has 43 heavy (non-hydrogen) atoms. The summed E-state index contributed by atoms with van der Waals surface area (Å²) in [5.74, 6) is 2.69. The van der Waals surface area contributed by atoms with Crippen LogP contribution in [0, 0.1) is 22.0 Å². The van der Waals surface area contributed by atoms with E-state index in [0.717, 1.165) is 30.2 Å². The second-order valence-electron chi connectivity index (χ2n) is 11.3. The van der Waals surface area contributed by atoms with Crippen LogP contribution in [-0.4, -0.2) is 35.2 Å². The summed E-state index contributed by atoms with van der Waals surface area (Å²) in [5, 5.41) is 16.0. The zero-order valence-corrected chi connectivity index (χ0v) is 25.6. The highest BCUT2D eigenvalue weighted by Crippen LogP contribution is 2.45. The van der Waals surface area contributed by atoms with Crippen LogP contribution in [0.2, 0.25) is 5.02 Å². The minimum atomic E-state index is -0.455. The van der Waals surface area contributed by atoms with Gasteiger partial charge in [0.15, 0.2) is 5.11 Å². The summed E-state index contributed by atoms with van der Waals surface area (Å²) in [6.45, 7) is 6.51. The largest absolute Gasteiger partial charge is 0.496 e. The fourth-order valence-electron chi connectivity index (χ4n) is 6.34. The normalized spacial score (nSPS) is 22.0. The molecule has 1 N–H and O–H groups in total. The monoisotopic (exact) mass is 617 g/mol. The maximum atomic E-state index is 11.3. The number of non-ortho nitro benzene ring substituents is 1. The van der Waals surface area contributed by atoms with Crippen molar-refractivity contribution >= 4 is 46.0 Å². The Labute approximate surface area is 260 Å². The molecule has 2 aliphatic rings. The zero-order valence-electron chi connectivity index (χ0n) is 24.1. The van der Waals surface area contributed by atoms with E-state index in [9.17, 15) is 10.1 Å². The van der Waals surface area contributed by atoms with Crippen LogP contribution in [-0.2, 0) is 0 Å². The Balaban J connectivity index is 1.39. The van der Waals surface area contributed by atoms with E-state index in [-0.39, 0.29) is 11.7 Å². The smallest absolute Gasteiger partial charge is 0.273 e. The first-order valence-electron chi connectivity index (χ1n) is 14.2. The van der Waals surface area contributed by atoms with E-state index < -0.39 is 11.0 Å². The minimum absolute atomic E-state index is 0.0621. The summed E-state index contributed by atoms with van der Waals surface area (Å²) in [5.41, 5.74) is 3.20. The molecule has 0 saturated carbocycles. The number of nitrogens with one attached hydrogen (secondary N) is 1. The van der Waals surface area contributed by atoms with E-state index in [1.807, 2.05) is 41.3 Å². The van der Waals surface area contributed by atoms with Crippen molar-refractivity contribution in [2.24, 2.45) is 11.8 Å². The Kier molecular flexibility index (Phi) is 7.98. The van der Waals surface area contributed by atoms with Crippen molar-refractivity contribution in [3.05, 3.63) is 99.5 Å². The van der Waals surface area contributed by atoms with Crippen molar-refractivity contribution in [1.82, 2.24) is 10.3 Å². The molecule has 0 radical (unpaired) electrons. The fraction of sp³-hybridized carbons (Fsp3) is 0.312. The van der Waals surface area contributed by atoms with E-state index in [1.165, 1.54) is 25.7 Å². The molecule has 9 nitrogen and oxygen atoms in total. The summed E-state index contributed by atoms with van der Waals surface area (Å²) in [7, 11) is 1.48. The van der Waals surface area contributed by atoms with Gasteiger partial charge in [-0.3, -0.25) is 15.1 Å². The summed E-state index contributed by atoms with van der Waals surface area (Å²) < 4.78 is 11.9. The van der Waals surface area contributed by atoms with Gasteiger partial charge in [0, 0.05) is 31.0 Å². The SMILES string of the molecule is COc1cc([N+](=O)[O-])ccc1-c1ccc(C2C(c3ccccn3)NC(=S)N2c2ccc(N3CC(C)CC(C)C3)c(Cl)c2)o1. The van der Waals surface area contributed by atoms with Crippen molar-refractivity contribution in [1.29, 1.82) is 0 Å². The predicted molar refractivity (Wildman–Crippen MR) is 172 cm³/mol. The van der Waals surface area contributed by atoms with Crippen LogP contribution in [0.25, 0.3) is 11.3 Å².